The first-order valence-corrected chi connectivity index (χ1v) is 4.55. The van der Waals surface area contributed by atoms with Gasteiger partial charge in [-0.15, -0.1) is 0 Å². The number of hydrogen-bond acceptors (Lipinski definition) is 2. The molecule has 1 aliphatic rings. The van der Waals surface area contributed by atoms with E-state index in [0.717, 1.165) is 12.8 Å². The second kappa shape index (κ2) is 3.20. The maximum Gasteiger partial charge on any atom is 0.254 e. The number of hydrogen-bond donors (Lipinski definition) is 1. The van der Waals surface area contributed by atoms with Crippen LogP contribution in [0.3, 0.4) is 0 Å². The average molecular weight is 179 g/mol. The van der Waals surface area contributed by atoms with Crippen LogP contribution in [0.2, 0.25) is 0 Å². The second-order valence-electron chi connectivity index (χ2n) is 3.50. The molecular formula is C9H13N3O. The lowest BCUT2D eigenvalue weighted by molar-refractivity contribution is 0.0917. The van der Waals surface area contributed by atoms with Crippen molar-refractivity contribution in [1.29, 1.82) is 0 Å². The summed E-state index contributed by atoms with van der Waals surface area (Å²) in [6.07, 6.45) is 6.79. The molecule has 4 heteroatoms. The number of carbonyl (C=O) groups is 1. The number of rotatable bonds is 2. The van der Waals surface area contributed by atoms with Crippen LogP contribution in [-0.4, -0.2) is 21.7 Å². The van der Waals surface area contributed by atoms with Crippen LogP contribution >= 0.6 is 0 Å². The second-order valence-corrected chi connectivity index (χ2v) is 3.50. The molecule has 0 aromatic carbocycles. The SMILES string of the molecule is Cn1cc(C(=O)NC2CCC2)cn1. The Balaban J connectivity index is 1.96. The number of nitrogens with zero attached hydrogens (tertiary/aromatic N) is 2. The van der Waals surface area contributed by atoms with Crippen LogP contribution in [0.5, 0.6) is 0 Å². The Bertz CT molecular complexity index is 314. The predicted molar refractivity (Wildman–Crippen MR) is 48.3 cm³/mol. The Morgan fingerprint density at radius 3 is 2.92 bits per heavy atom. The molecule has 1 heterocycles. The van der Waals surface area contributed by atoms with Gasteiger partial charge in [0.15, 0.2) is 0 Å². The van der Waals surface area contributed by atoms with Crippen LogP contribution < -0.4 is 5.32 Å². The van der Waals surface area contributed by atoms with E-state index in [-0.39, 0.29) is 5.91 Å². The number of aromatic nitrogens is 2. The molecule has 0 spiro atoms. The minimum absolute atomic E-state index is 0.00204. The third kappa shape index (κ3) is 1.71. The van der Waals surface area contributed by atoms with Gasteiger partial charge in [-0.3, -0.25) is 9.48 Å². The van der Waals surface area contributed by atoms with Crippen LogP contribution in [0.25, 0.3) is 0 Å². The average Bonchev–Trinajstić information content (AvgIpc) is 2.44. The van der Waals surface area contributed by atoms with Gasteiger partial charge in [-0.25, -0.2) is 0 Å². The molecule has 13 heavy (non-hydrogen) atoms. The summed E-state index contributed by atoms with van der Waals surface area (Å²) in [5.41, 5.74) is 0.648. The molecule has 1 fully saturated rings. The molecule has 0 atom stereocenters. The van der Waals surface area contributed by atoms with Crippen molar-refractivity contribution in [3.05, 3.63) is 18.0 Å². The van der Waals surface area contributed by atoms with E-state index in [4.69, 9.17) is 0 Å². The van der Waals surface area contributed by atoms with Gasteiger partial charge in [0, 0.05) is 19.3 Å². The van der Waals surface area contributed by atoms with Gasteiger partial charge in [-0.05, 0) is 19.3 Å². The van der Waals surface area contributed by atoms with Gasteiger partial charge in [0.2, 0.25) is 0 Å². The van der Waals surface area contributed by atoms with Crippen molar-refractivity contribution in [3.8, 4) is 0 Å². The Kier molecular flexibility index (Phi) is 2.04. The van der Waals surface area contributed by atoms with E-state index < -0.39 is 0 Å². The van der Waals surface area contributed by atoms with E-state index in [1.165, 1.54) is 6.42 Å². The van der Waals surface area contributed by atoms with Crippen molar-refractivity contribution in [2.45, 2.75) is 25.3 Å². The summed E-state index contributed by atoms with van der Waals surface area (Å²) in [6.45, 7) is 0. The van der Waals surface area contributed by atoms with Crippen LogP contribution in [0.15, 0.2) is 12.4 Å². The van der Waals surface area contributed by atoms with Crippen molar-refractivity contribution in [2.24, 2.45) is 7.05 Å². The summed E-state index contributed by atoms with van der Waals surface area (Å²) in [5, 5.41) is 6.90. The Morgan fingerprint density at radius 2 is 2.46 bits per heavy atom. The molecule has 1 saturated carbocycles. The quantitative estimate of drug-likeness (QED) is 0.726. The Hall–Kier alpha value is -1.32. The third-order valence-electron chi connectivity index (χ3n) is 2.41. The van der Waals surface area contributed by atoms with Gasteiger partial charge in [0.05, 0.1) is 11.8 Å². The fourth-order valence-corrected chi connectivity index (χ4v) is 1.36. The van der Waals surface area contributed by atoms with Crippen molar-refractivity contribution in [1.82, 2.24) is 15.1 Å². The van der Waals surface area contributed by atoms with E-state index in [2.05, 4.69) is 10.4 Å². The summed E-state index contributed by atoms with van der Waals surface area (Å²) < 4.78 is 1.63. The van der Waals surface area contributed by atoms with E-state index >= 15 is 0 Å². The molecule has 1 aromatic rings. The minimum Gasteiger partial charge on any atom is -0.349 e. The standard InChI is InChI=1S/C9H13N3O/c1-12-6-7(5-10-12)9(13)11-8-3-2-4-8/h5-6,8H,2-4H2,1H3,(H,11,13). The summed E-state index contributed by atoms with van der Waals surface area (Å²) in [4.78, 5) is 11.5. The molecule has 0 radical (unpaired) electrons. The predicted octanol–water partition coefficient (Wildman–Crippen LogP) is 0.702. The van der Waals surface area contributed by atoms with Crippen LogP contribution in [-0.2, 0) is 7.05 Å². The summed E-state index contributed by atoms with van der Waals surface area (Å²) >= 11 is 0. The Morgan fingerprint density at radius 1 is 1.69 bits per heavy atom. The zero-order chi connectivity index (χ0) is 9.26. The molecular weight excluding hydrogens is 166 g/mol. The van der Waals surface area contributed by atoms with Crippen molar-refractivity contribution >= 4 is 5.91 Å². The van der Waals surface area contributed by atoms with Crippen molar-refractivity contribution in [3.63, 3.8) is 0 Å². The molecule has 1 N–H and O–H groups in total. The summed E-state index contributed by atoms with van der Waals surface area (Å²) in [5.74, 6) is -0.00204. The highest BCUT2D eigenvalue weighted by atomic mass is 16.1. The molecule has 4 nitrogen and oxygen atoms in total. The number of carbonyl (C=O) groups excluding carboxylic acids is 1. The molecule has 0 saturated heterocycles. The highest BCUT2D eigenvalue weighted by Crippen LogP contribution is 2.18. The first kappa shape index (κ1) is 8.29. The van der Waals surface area contributed by atoms with E-state index in [0.29, 0.717) is 11.6 Å². The molecule has 0 bridgehead atoms. The molecule has 0 unspecified atom stereocenters. The highest BCUT2D eigenvalue weighted by Gasteiger charge is 2.20. The molecule has 1 amide bonds. The third-order valence-corrected chi connectivity index (χ3v) is 2.41. The highest BCUT2D eigenvalue weighted by molar-refractivity contribution is 5.93. The van der Waals surface area contributed by atoms with E-state index in [1.807, 2.05) is 0 Å². The minimum atomic E-state index is -0.00204. The van der Waals surface area contributed by atoms with Gasteiger partial charge in [-0.2, -0.15) is 5.10 Å². The molecule has 1 aromatic heterocycles. The normalized spacial score (nSPS) is 16.7. The van der Waals surface area contributed by atoms with Gasteiger partial charge in [0.1, 0.15) is 0 Å². The fourth-order valence-electron chi connectivity index (χ4n) is 1.36. The summed E-state index contributed by atoms with van der Waals surface area (Å²) in [6, 6.07) is 0.396. The van der Waals surface area contributed by atoms with Crippen LogP contribution in [0, 0.1) is 0 Å². The van der Waals surface area contributed by atoms with Gasteiger partial charge < -0.3 is 5.32 Å². The van der Waals surface area contributed by atoms with Crippen LogP contribution in [0.4, 0.5) is 0 Å². The molecule has 2 rings (SSSR count). The fraction of sp³-hybridized carbons (Fsp3) is 0.556. The van der Waals surface area contributed by atoms with Gasteiger partial charge in [-0.1, -0.05) is 0 Å². The number of aryl methyl sites for hydroxylation is 1. The van der Waals surface area contributed by atoms with Crippen molar-refractivity contribution < 1.29 is 4.79 Å². The first-order chi connectivity index (χ1) is 6.25. The Labute approximate surface area is 76.9 Å². The maximum absolute atomic E-state index is 11.5. The van der Waals surface area contributed by atoms with Gasteiger partial charge >= 0.3 is 0 Å². The first-order valence-electron chi connectivity index (χ1n) is 4.55. The zero-order valence-corrected chi connectivity index (χ0v) is 7.66. The summed E-state index contributed by atoms with van der Waals surface area (Å²) in [7, 11) is 1.81. The number of amides is 1. The monoisotopic (exact) mass is 179 g/mol. The smallest absolute Gasteiger partial charge is 0.254 e. The van der Waals surface area contributed by atoms with E-state index in [9.17, 15) is 4.79 Å². The lowest BCUT2D eigenvalue weighted by atomic mass is 9.93. The van der Waals surface area contributed by atoms with Crippen LogP contribution in [0.1, 0.15) is 29.6 Å². The molecule has 1 aliphatic carbocycles. The zero-order valence-electron chi connectivity index (χ0n) is 7.66. The maximum atomic E-state index is 11.5. The number of nitrogens with one attached hydrogen (secondary N) is 1. The van der Waals surface area contributed by atoms with Crippen molar-refractivity contribution in [2.75, 3.05) is 0 Å². The lowest BCUT2D eigenvalue weighted by Gasteiger charge is -2.25. The molecule has 0 aliphatic heterocycles. The molecule has 70 valence electrons. The topological polar surface area (TPSA) is 46.9 Å². The largest absolute Gasteiger partial charge is 0.349 e. The van der Waals surface area contributed by atoms with E-state index in [1.54, 1.807) is 24.1 Å². The van der Waals surface area contributed by atoms with Gasteiger partial charge in [0.25, 0.3) is 5.91 Å². The lowest BCUT2D eigenvalue weighted by Crippen LogP contribution is -2.39.